The van der Waals surface area contributed by atoms with E-state index in [0.29, 0.717) is 0 Å². The van der Waals surface area contributed by atoms with Crippen molar-refractivity contribution in [2.75, 3.05) is 20.1 Å². The summed E-state index contributed by atoms with van der Waals surface area (Å²) in [6, 6.07) is 4.85. The second kappa shape index (κ2) is 11.0. The van der Waals surface area contributed by atoms with E-state index in [4.69, 9.17) is 0 Å². The first-order chi connectivity index (χ1) is 13.2. The molecule has 28 heavy (non-hydrogen) atoms. The number of aliphatic imine (C=N–C) groups is 1. The number of halogens is 2. The Bertz CT molecular complexity index is 901. The van der Waals surface area contributed by atoms with Crippen molar-refractivity contribution in [2.45, 2.75) is 32.7 Å². The molecule has 0 aliphatic carbocycles. The molecule has 0 saturated carbocycles. The van der Waals surface area contributed by atoms with Crippen LogP contribution in [0.4, 0.5) is 4.39 Å². The third kappa shape index (κ3) is 5.95. The zero-order valence-corrected chi connectivity index (χ0v) is 18.7. The van der Waals surface area contributed by atoms with Crippen molar-refractivity contribution >= 4 is 40.8 Å². The highest BCUT2D eigenvalue weighted by atomic mass is 127. The van der Waals surface area contributed by atoms with Crippen molar-refractivity contribution in [3.63, 3.8) is 0 Å². The van der Waals surface area contributed by atoms with Crippen LogP contribution >= 0.6 is 24.0 Å². The van der Waals surface area contributed by atoms with Gasteiger partial charge >= 0.3 is 0 Å². The first-order valence-electron chi connectivity index (χ1n) is 9.35. The van der Waals surface area contributed by atoms with Gasteiger partial charge in [-0.15, -0.1) is 24.0 Å². The largest absolute Gasteiger partial charge is 0.361 e. The molecule has 0 aliphatic rings. The lowest BCUT2D eigenvalue weighted by atomic mass is 10.1. The molecule has 2 aromatic heterocycles. The number of nitrogens with zero attached hydrogens (tertiary/aromatic N) is 3. The summed E-state index contributed by atoms with van der Waals surface area (Å²) in [5.74, 6) is 1.64. The van der Waals surface area contributed by atoms with Crippen molar-refractivity contribution in [3.05, 3.63) is 54.0 Å². The molecule has 6 nitrogen and oxygen atoms in total. The van der Waals surface area contributed by atoms with E-state index >= 15 is 0 Å². The number of hydrogen-bond donors (Lipinski definition) is 3. The van der Waals surface area contributed by atoms with Gasteiger partial charge < -0.3 is 20.2 Å². The Balaban J connectivity index is 0.00000280. The monoisotopic (exact) mass is 498 g/mol. The van der Waals surface area contributed by atoms with Gasteiger partial charge in [0.25, 0.3) is 0 Å². The lowest BCUT2D eigenvalue weighted by molar-refractivity contribution is 0.588. The second-order valence-electron chi connectivity index (χ2n) is 6.55. The number of aromatic amines is 1. The van der Waals surface area contributed by atoms with Gasteiger partial charge in [0.2, 0.25) is 0 Å². The zero-order valence-electron chi connectivity index (χ0n) is 16.3. The van der Waals surface area contributed by atoms with Gasteiger partial charge in [0, 0.05) is 56.2 Å². The van der Waals surface area contributed by atoms with Gasteiger partial charge in [-0.05, 0) is 49.9 Å². The number of aryl methyl sites for hydroxylation is 2. The van der Waals surface area contributed by atoms with Crippen LogP contribution in [0.3, 0.4) is 0 Å². The number of benzene rings is 1. The van der Waals surface area contributed by atoms with Crippen molar-refractivity contribution in [2.24, 2.45) is 4.99 Å². The van der Waals surface area contributed by atoms with Gasteiger partial charge in [0.1, 0.15) is 11.6 Å². The Morgan fingerprint density at radius 1 is 1.25 bits per heavy atom. The van der Waals surface area contributed by atoms with Crippen LogP contribution in [0.15, 0.2) is 41.8 Å². The van der Waals surface area contributed by atoms with Crippen molar-refractivity contribution in [3.8, 4) is 0 Å². The highest BCUT2D eigenvalue weighted by Crippen LogP contribution is 2.19. The topological polar surface area (TPSA) is 70.0 Å². The summed E-state index contributed by atoms with van der Waals surface area (Å²) in [6.07, 6.45) is 8.79. The Labute approximate surface area is 182 Å². The van der Waals surface area contributed by atoms with Crippen molar-refractivity contribution < 1.29 is 4.39 Å². The number of H-pyrrole nitrogens is 1. The summed E-state index contributed by atoms with van der Waals surface area (Å²) in [5.41, 5.74) is 2.00. The van der Waals surface area contributed by atoms with Gasteiger partial charge in [0.15, 0.2) is 5.96 Å². The minimum absolute atomic E-state index is 0. The Morgan fingerprint density at radius 3 is 2.82 bits per heavy atom. The van der Waals surface area contributed by atoms with E-state index in [1.54, 1.807) is 7.05 Å². The van der Waals surface area contributed by atoms with Crippen LogP contribution < -0.4 is 10.6 Å². The van der Waals surface area contributed by atoms with E-state index < -0.39 is 0 Å². The molecular weight excluding hydrogens is 470 g/mol. The molecule has 0 bridgehead atoms. The molecule has 8 heteroatoms. The van der Waals surface area contributed by atoms with Crippen LogP contribution in [0.1, 0.15) is 24.2 Å². The van der Waals surface area contributed by atoms with E-state index in [1.165, 1.54) is 17.7 Å². The van der Waals surface area contributed by atoms with Gasteiger partial charge in [-0.25, -0.2) is 9.37 Å². The molecule has 0 atom stereocenters. The van der Waals surface area contributed by atoms with E-state index in [-0.39, 0.29) is 29.8 Å². The summed E-state index contributed by atoms with van der Waals surface area (Å²) in [6.45, 7) is 4.65. The number of fused-ring (bicyclic) bond motifs is 1. The van der Waals surface area contributed by atoms with Crippen LogP contribution in [0.2, 0.25) is 0 Å². The lowest BCUT2D eigenvalue weighted by Gasteiger charge is -2.12. The lowest BCUT2D eigenvalue weighted by Crippen LogP contribution is -2.38. The molecule has 0 amide bonds. The van der Waals surface area contributed by atoms with E-state index in [9.17, 15) is 4.39 Å². The fourth-order valence-electron chi connectivity index (χ4n) is 3.16. The molecule has 3 rings (SSSR count). The first-order valence-corrected chi connectivity index (χ1v) is 9.35. The number of aromatic nitrogens is 3. The number of unbranched alkanes of at least 4 members (excludes halogenated alkanes) is 1. The second-order valence-corrected chi connectivity index (χ2v) is 6.55. The average Bonchev–Trinajstić information content (AvgIpc) is 3.25. The normalized spacial score (nSPS) is 11.5. The first kappa shape index (κ1) is 22.2. The van der Waals surface area contributed by atoms with E-state index in [1.807, 2.05) is 31.6 Å². The molecule has 2 heterocycles. The Morgan fingerprint density at radius 2 is 2.07 bits per heavy atom. The fourth-order valence-corrected chi connectivity index (χ4v) is 3.16. The van der Waals surface area contributed by atoms with Gasteiger partial charge in [-0.1, -0.05) is 0 Å². The molecule has 0 saturated heterocycles. The number of nitrogens with one attached hydrogen (secondary N) is 3. The van der Waals surface area contributed by atoms with E-state index in [2.05, 4.69) is 30.2 Å². The summed E-state index contributed by atoms with van der Waals surface area (Å²) in [4.78, 5) is 11.6. The van der Waals surface area contributed by atoms with Crippen LogP contribution in [-0.2, 0) is 13.0 Å². The third-order valence-corrected chi connectivity index (χ3v) is 4.68. The zero-order chi connectivity index (χ0) is 19.1. The average molecular weight is 498 g/mol. The highest BCUT2D eigenvalue weighted by Gasteiger charge is 2.05. The predicted molar refractivity (Wildman–Crippen MR) is 123 cm³/mol. The quantitative estimate of drug-likeness (QED) is 0.192. The molecule has 0 aliphatic heterocycles. The maximum absolute atomic E-state index is 13.3. The molecular formula is C20H28FIN6. The smallest absolute Gasteiger partial charge is 0.190 e. The summed E-state index contributed by atoms with van der Waals surface area (Å²) in [5, 5.41) is 7.74. The maximum Gasteiger partial charge on any atom is 0.190 e. The summed E-state index contributed by atoms with van der Waals surface area (Å²) >= 11 is 0. The summed E-state index contributed by atoms with van der Waals surface area (Å²) < 4.78 is 15.4. The number of rotatable bonds is 8. The number of hydrogen-bond acceptors (Lipinski definition) is 2. The van der Waals surface area contributed by atoms with Crippen molar-refractivity contribution in [1.82, 2.24) is 25.2 Å². The molecule has 3 aromatic rings. The van der Waals surface area contributed by atoms with Crippen LogP contribution in [-0.4, -0.2) is 40.6 Å². The fraction of sp³-hybridized carbons (Fsp3) is 0.400. The minimum Gasteiger partial charge on any atom is -0.361 e. The Hall–Kier alpha value is -2.10. The predicted octanol–water partition coefficient (Wildman–Crippen LogP) is 3.62. The van der Waals surface area contributed by atoms with Gasteiger partial charge in [0.05, 0.1) is 0 Å². The molecule has 0 unspecified atom stereocenters. The molecule has 3 N–H and O–H groups in total. The molecule has 1 aromatic carbocycles. The standard InChI is InChI=1S/C20H27FN6.HI/c1-15-23-10-12-27(15)11-4-3-8-24-20(22-2)25-9-7-16-14-26-19-13-17(21)5-6-18(16)19;/h5-6,10,12-14,26H,3-4,7-9,11H2,1-2H3,(H2,22,24,25);1H. The number of imidazole rings is 1. The van der Waals surface area contributed by atoms with Gasteiger partial charge in [-0.3, -0.25) is 4.99 Å². The molecule has 0 radical (unpaired) electrons. The van der Waals surface area contributed by atoms with Crippen molar-refractivity contribution in [1.29, 1.82) is 0 Å². The van der Waals surface area contributed by atoms with Gasteiger partial charge in [-0.2, -0.15) is 0 Å². The third-order valence-electron chi connectivity index (χ3n) is 4.68. The molecule has 0 fully saturated rings. The van der Waals surface area contributed by atoms with Crippen LogP contribution in [0, 0.1) is 12.7 Å². The van der Waals surface area contributed by atoms with Crippen LogP contribution in [0.25, 0.3) is 10.9 Å². The maximum atomic E-state index is 13.3. The highest BCUT2D eigenvalue weighted by molar-refractivity contribution is 14.0. The Kier molecular flexibility index (Phi) is 8.75. The van der Waals surface area contributed by atoms with Crippen LogP contribution in [0.5, 0.6) is 0 Å². The van der Waals surface area contributed by atoms with E-state index in [0.717, 1.165) is 61.6 Å². The SMILES string of the molecule is CN=C(NCCCCn1ccnc1C)NCCc1c[nH]c2cc(F)ccc12.I. The summed E-state index contributed by atoms with van der Waals surface area (Å²) in [7, 11) is 1.78. The molecule has 152 valence electrons. The number of guanidine groups is 1. The molecule has 0 spiro atoms. The minimum atomic E-state index is -0.221.